The van der Waals surface area contributed by atoms with Gasteiger partial charge in [-0.15, -0.1) is 0 Å². The SMILES string of the molecule is Brc1ccc(OCCN2CCNCC2)cc1. The Morgan fingerprint density at radius 3 is 2.56 bits per heavy atom. The Labute approximate surface area is 105 Å². The van der Waals surface area contributed by atoms with Crippen LogP contribution in [0.25, 0.3) is 0 Å². The molecule has 1 heterocycles. The van der Waals surface area contributed by atoms with E-state index in [-0.39, 0.29) is 0 Å². The molecule has 16 heavy (non-hydrogen) atoms. The van der Waals surface area contributed by atoms with Gasteiger partial charge in [0.15, 0.2) is 0 Å². The first-order chi connectivity index (χ1) is 7.84. The molecule has 4 heteroatoms. The second-order valence-corrected chi connectivity index (χ2v) is 4.81. The third-order valence-electron chi connectivity index (χ3n) is 2.70. The van der Waals surface area contributed by atoms with Gasteiger partial charge in [0.25, 0.3) is 0 Å². The average molecular weight is 285 g/mol. The molecule has 0 bridgehead atoms. The number of rotatable bonds is 4. The van der Waals surface area contributed by atoms with E-state index in [1.165, 1.54) is 0 Å². The summed E-state index contributed by atoms with van der Waals surface area (Å²) < 4.78 is 6.77. The molecule has 0 aromatic heterocycles. The number of ether oxygens (including phenoxy) is 1. The molecule has 2 rings (SSSR count). The van der Waals surface area contributed by atoms with Gasteiger partial charge in [-0.25, -0.2) is 0 Å². The number of hydrogen-bond acceptors (Lipinski definition) is 3. The normalized spacial score (nSPS) is 17.3. The highest BCUT2D eigenvalue weighted by atomic mass is 79.9. The third kappa shape index (κ3) is 3.77. The van der Waals surface area contributed by atoms with E-state index < -0.39 is 0 Å². The molecule has 0 radical (unpaired) electrons. The fourth-order valence-corrected chi connectivity index (χ4v) is 2.02. The summed E-state index contributed by atoms with van der Waals surface area (Å²) in [7, 11) is 0. The summed E-state index contributed by atoms with van der Waals surface area (Å²) in [4.78, 5) is 2.43. The monoisotopic (exact) mass is 284 g/mol. The maximum Gasteiger partial charge on any atom is 0.119 e. The van der Waals surface area contributed by atoms with Gasteiger partial charge in [-0.1, -0.05) is 15.9 Å². The van der Waals surface area contributed by atoms with Crippen LogP contribution in [0.5, 0.6) is 5.75 Å². The lowest BCUT2D eigenvalue weighted by molar-refractivity contribution is 0.191. The Hall–Kier alpha value is -0.580. The maximum atomic E-state index is 5.68. The summed E-state index contributed by atoms with van der Waals surface area (Å²) in [6.45, 7) is 6.23. The number of benzene rings is 1. The second kappa shape index (κ2) is 6.23. The fourth-order valence-electron chi connectivity index (χ4n) is 1.76. The fraction of sp³-hybridized carbons (Fsp3) is 0.500. The van der Waals surface area contributed by atoms with Gasteiger partial charge in [-0.05, 0) is 24.3 Å². The van der Waals surface area contributed by atoms with Crippen LogP contribution in [0.2, 0.25) is 0 Å². The zero-order chi connectivity index (χ0) is 11.2. The van der Waals surface area contributed by atoms with Gasteiger partial charge in [0.05, 0.1) is 0 Å². The van der Waals surface area contributed by atoms with Crippen molar-refractivity contribution in [2.45, 2.75) is 0 Å². The quantitative estimate of drug-likeness (QED) is 0.912. The molecule has 3 nitrogen and oxygen atoms in total. The molecule has 1 aliphatic rings. The van der Waals surface area contributed by atoms with Crippen LogP contribution in [0.1, 0.15) is 0 Å². The molecule has 0 spiro atoms. The van der Waals surface area contributed by atoms with Gasteiger partial charge >= 0.3 is 0 Å². The van der Waals surface area contributed by atoms with E-state index >= 15 is 0 Å². The number of nitrogens with one attached hydrogen (secondary N) is 1. The Kier molecular flexibility index (Phi) is 4.63. The minimum Gasteiger partial charge on any atom is -0.492 e. The Morgan fingerprint density at radius 2 is 1.88 bits per heavy atom. The van der Waals surface area contributed by atoms with E-state index in [0.29, 0.717) is 0 Å². The van der Waals surface area contributed by atoms with E-state index in [1.54, 1.807) is 0 Å². The minimum absolute atomic E-state index is 0.766. The summed E-state index contributed by atoms with van der Waals surface area (Å²) in [5.74, 6) is 0.943. The Morgan fingerprint density at radius 1 is 1.19 bits per heavy atom. The van der Waals surface area contributed by atoms with Crippen LogP contribution in [-0.4, -0.2) is 44.2 Å². The number of halogens is 1. The van der Waals surface area contributed by atoms with E-state index in [2.05, 4.69) is 26.1 Å². The number of hydrogen-bond donors (Lipinski definition) is 1. The molecule has 1 saturated heterocycles. The lowest BCUT2D eigenvalue weighted by Crippen LogP contribution is -2.44. The molecule has 1 fully saturated rings. The molecule has 1 aromatic carbocycles. The smallest absolute Gasteiger partial charge is 0.119 e. The van der Waals surface area contributed by atoms with Crippen molar-refractivity contribution in [2.24, 2.45) is 0 Å². The van der Waals surface area contributed by atoms with Crippen molar-refractivity contribution >= 4 is 15.9 Å². The molecule has 0 amide bonds. The minimum atomic E-state index is 0.766. The van der Waals surface area contributed by atoms with Gasteiger partial charge in [0.2, 0.25) is 0 Å². The van der Waals surface area contributed by atoms with E-state index in [4.69, 9.17) is 4.74 Å². The average Bonchev–Trinajstić information content (AvgIpc) is 2.33. The summed E-state index contributed by atoms with van der Waals surface area (Å²) in [5.41, 5.74) is 0. The van der Waals surface area contributed by atoms with E-state index in [9.17, 15) is 0 Å². The summed E-state index contributed by atoms with van der Waals surface area (Å²) >= 11 is 3.41. The van der Waals surface area contributed by atoms with Gasteiger partial charge in [-0.2, -0.15) is 0 Å². The lowest BCUT2D eigenvalue weighted by atomic mass is 10.3. The predicted octanol–water partition coefficient (Wildman–Crippen LogP) is 1.73. The molecule has 0 saturated carbocycles. The molecule has 1 aliphatic heterocycles. The standard InChI is InChI=1S/C12H17BrN2O/c13-11-1-3-12(4-2-11)16-10-9-15-7-5-14-6-8-15/h1-4,14H,5-10H2. The van der Waals surface area contributed by atoms with Crippen molar-refractivity contribution in [3.05, 3.63) is 28.7 Å². The van der Waals surface area contributed by atoms with Crippen molar-refractivity contribution in [1.82, 2.24) is 10.2 Å². The highest BCUT2D eigenvalue weighted by molar-refractivity contribution is 9.10. The van der Waals surface area contributed by atoms with Crippen LogP contribution in [0.3, 0.4) is 0 Å². The highest BCUT2D eigenvalue weighted by Crippen LogP contribution is 2.15. The van der Waals surface area contributed by atoms with Crippen LogP contribution in [0.4, 0.5) is 0 Å². The molecular weight excluding hydrogens is 268 g/mol. The molecule has 0 atom stereocenters. The van der Waals surface area contributed by atoms with E-state index in [0.717, 1.165) is 49.6 Å². The Bertz CT molecular complexity index is 309. The summed E-state index contributed by atoms with van der Waals surface area (Å²) in [5, 5.41) is 3.34. The first-order valence-corrected chi connectivity index (χ1v) is 6.45. The van der Waals surface area contributed by atoms with Crippen molar-refractivity contribution in [3.8, 4) is 5.75 Å². The third-order valence-corrected chi connectivity index (χ3v) is 3.23. The second-order valence-electron chi connectivity index (χ2n) is 3.89. The van der Waals surface area contributed by atoms with Gasteiger partial charge < -0.3 is 10.1 Å². The molecule has 0 unspecified atom stereocenters. The highest BCUT2D eigenvalue weighted by Gasteiger charge is 2.08. The molecular formula is C12H17BrN2O. The largest absolute Gasteiger partial charge is 0.492 e. The van der Waals surface area contributed by atoms with E-state index in [1.807, 2.05) is 24.3 Å². The van der Waals surface area contributed by atoms with Gasteiger partial charge in [0, 0.05) is 37.2 Å². The van der Waals surface area contributed by atoms with Crippen molar-refractivity contribution in [1.29, 1.82) is 0 Å². The first kappa shape index (κ1) is 11.9. The van der Waals surface area contributed by atoms with Crippen molar-refractivity contribution in [3.63, 3.8) is 0 Å². The molecule has 88 valence electrons. The summed E-state index contributed by atoms with van der Waals surface area (Å²) in [6.07, 6.45) is 0. The number of nitrogens with zero attached hydrogens (tertiary/aromatic N) is 1. The summed E-state index contributed by atoms with van der Waals surface area (Å²) in [6, 6.07) is 7.98. The topological polar surface area (TPSA) is 24.5 Å². The zero-order valence-electron chi connectivity index (χ0n) is 9.29. The van der Waals surface area contributed by atoms with Crippen LogP contribution in [-0.2, 0) is 0 Å². The number of piperazine rings is 1. The maximum absolute atomic E-state index is 5.68. The van der Waals surface area contributed by atoms with Crippen molar-refractivity contribution in [2.75, 3.05) is 39.3 Å². The van der Waals surface area contributed by atoms with Crippen molar-refractivity contribution < 1.29 is 4.74 Å². The van der Waals surface area contributed by atoms with Gasteiger partial charge in [-0.3, -0.25) is 4.90 Å². The molecule has 1 aromatic rings. The zero-order valence-corrected chi connectivity index (χ0v) is 10.9. The van der Waals surface area contributed by atoms with Gasteiger partial charge in [0.1, 0.15) is 12.4 Å². The van der Waals surface area contributed by atoms with Crippen LogP contribution in [0, 0.1) is 0 Å². The molecule has 0 aliphatic carbocycles. The Balaban J connectivity index is 1.69. The predicted molar refractivity (Wildman–Crippen MR) is 68.9 cm³/mol. The molecule has 1 N–H and O–H groups in total. The van der Waals surface area contributed by atoms with Crippen LogP contribution < -0.4 is 10.1 Å². The lowest BCUT2D eigenvalue weighted by Gasteiger charge is -2.26. The van der Waals surface area contributed by atoms with Crippen LogP contribution in [0.15, 0.2) is 28.7 Å². The van der Waals surface area contributed by atoms with Crippen LogP contribution >= 0.6 is 15.9 Å². The first-order valence-electron chi connectivity index (χ1n) is 5.66.